The normalized spacial score (nSPS) is 15.4. The van der Waals surface area contributed by atoms with E-state index >= 15 is 0 Å². The third-order valence-electron chi connectivity index (χ3n) is 14.5. The number of benzene rings is 4. The van der Waals surface area contributed by atoms with Crippen molar-refractivity contribution >= 4 is 59.1 Å². The fourth-order valence-electron chi connectivity index (χ4n) is 9.76. The first-order chi connectivity index (χ1) is 40.6. The van der Waals surface area contributed by atoms with Crippen molar-refractivity contribution in [1.82, 2.24) is 46.8 Å². The maximum Gasteiger partial charge on any atom is 0.326 e. The summed E-state index contributed by atoms with van der Waals surface area (Å²) in [6.07, 6.45) is 3.51. The van der Waals surface area contributed by atoms with Crippen molar-refractivity contribution in [2.75, 3.05) is 13.1 Å². The van der Waals surface area contributed by atoms with Gasteiger partial charge in [-0.15, -0.1) is 0 Å². The van der Waals surface area contributed by atoms with Gasteiger partial charge in [0.2, 0.25) is 41.4 Å². The fraction of sp³-hybridized carbons (Fsp3) is 0.393. The molecule has 15 N–H and O–H groups in total. The number of nitrogens with zero attached hydrogens (tertiary/aromatic N) is 3. The summed E-state index contributed by atoms with van der Waals surface area (Å²) in [5.41, 5.74) is 20.7. The Morgan fingerprint density at radius 1 is 0.624 bits per heavy atom. The highest BCUT2D eigenvalue weighted by Crippen LogP contribution is 2.22. The molecule has 1 aliphatic heterocycles. The molecule has 8 atom stereocenters. The van der Waals surface area contributed by atoms with Crippen LogP contribution in [-0.2, 0) is 64.0 Å². The molecule has 85 heavy (non-hydrogen) atoms. The van der Waals surface area contributed by atoms with Crippen LogP contribution in [0.15, 0.2) is 127 Å². The van der Waals surface area contributed by atoms with Crippen LogP contribution < -0.4 is 49.1 Å². The number of aromatic nitrogens is 2. The molecule has 0 saturated carbocycles. The second-order valence-electron chi connectivity index (χ2n) is 21.7. The van der Waals surface area contributed by atoms with Crippen molar-refractivity contribution in [3.63, 3.8) is 0 Å². The van der Waals surface area contributed by atoms with Gasteiger partial charge in [0.15, 0.2) is 11.7 Å². The summed E-state index contributed by atoms with van der Waals surface area (Å²) in [5, 5.41) is 36.5. The molecular weight excluding hydrogens is 1090 g/mol. The van der Waals surface area contributed by atoms with Crippen LogP contribution >= 0.6 is 0 Å². The van der Waals surface area contributed by atoms with Crippen LogP contribution in [0.1, 0.15) is 91.7 Å². The number of aliphatic carboxylic acids is 1. The number of hydrogen-bond acceptors (Lipinski definition) is 13. The van der Waals surface area contributed by atoms with E-state index in [0.29, 0.717) is 39.9 Å². The van der Waals surface area contributed by atoms with Crippen molar-refractivity contribution in [2.24, 2.45) is 34.0 Å². The monoisotopic (exact) mass is 1170 g/mol. The minimum atomic E-state index is -1.41. The second-order valence-corrected chi connectivity index (χ2v) is 21.7. The fourth-order valence-corrected chi connectivity index (χ4v) is 9.76. The van der Waals surface area contributed by atoms with Gasteiger partial charge in [-0.05, 0) is 72.8 Å². The zero-order valence-electron chi connectivity index (χ0n) is 48.0. The number of phenolic OH excluding ortho intramolecular Hbond substituents is 1. The third-order valence-corrected chi connectivity index (χ3v) is 14.5. The van der Waals surface area contributed by atoms with Gasteiger partial charge in [-0.1, -0.05) is 125 Å². The number of H-pyrrole nitrogens is 1. The lowest BCUT2D eigenvalue weighted by Crippen LogP contribution is -2.62. The van der Waals surface area contributed by atoms with Gasteiger partial charge in [-0.25, -0.2) is 9.78 Å². The van der Waals surface area contributed by atoms with Gasteiger partial charge in [0, 0.05) is 55.4 Å². The van der Waals surface area contributed by atoms with Gasteiger partial charge >= 0.3 is 5.97 Å². The van der Waals surface area contributed by atoms with Crippen LogP contribution in [-0.4, -0.2) is 146 Å². The number of carboxylic acids is 1. The number of ketones is 1. The Morgan fingerprint density at radius 2 is 1.15 bits per heavy atom. The minimum absolute atomic E-state index is 0.000244. The van der Waals surface area contributed by atoms with E-state index in [0.717, 1.165) is 0 Å². The number of nitrogens with two attached hydrogens (primary N) is 3. The number of aromatic amines is 1. The molecule has 452 valence electrons. The number of guanidine groups is 1. The molecule has 24 heteroatoms. The molecule has 24 nitrogen and oxygen atoms in total. The van der Waals surface area contributed by atoms with Crippen LogP contribution in [0.5, 0.6) is 5.75 Å². The molecule has 7 amide bonds. The first-order valence-corrected chi connectivity index (χ1v) is 28.2. The predicted molar refractivity (Wildman–Crippen MR) is 316 cm³/mol. The Bertz CT molecular complexity index is 3100. The topological polar surface area (TPSA) is 389 Å². The number of phenols is 1. The molecule has 0 bridgehead atoms. The lowest BCUT2D eigenvalue weighted by Gasteiger charge is -2.31. The summed E-state index contributed by atoms with van der Waals surface area (Å²) < 4.78 is 0. The number of imidazole rings is 1. The first-order valence-electron chi connectivity index (χ1n) is 28.2. The molecular formula is C61H77N13O11. The quantitative estimate of drug-likeness (QED) is 0.0133. The summed E-state index contributed by atoms with van der Waals surface area (Å²) >= 11 is 0. The number of aliphatic imine (C=N–C) groups is 1. The third kappa shape index (κ3) is 19.3. The number of carbonyl (C=O) groups excluding carboxylic acids is 8. The van der Waals surface area contributed by atoms with Crippen LogP contribution in [0.25, 0.3) is 0 Å². The summed E-state index contributed by atoms with van der Waals surface area (Å²) in [6.45, 7) is 6.88. The Balaban J connectivity index is 1.17. The van der Waals surface area contributed by atoms with E-state index in [-0.39, 0.29) is 75.5 Å². The van der Waals surface area contributed by atoms with Gasteiger partial charge < -0.3 is 69.2 Å². The van der Waals surface area contributed by atoms with Crippen LogP contribution in [0.2, 0.25) is 0 Å². The summed E-state index contributed by atoms with van der Waals surface area (Å²) in [6, 6.07) is 20.0. The van der Waals surface area contributed by atoms with E-state index in [4.69, 9.17) is 17.2 Å². The molecule has 2 heterocycles. The maximum absolute atomic E-state index is 14.6. The van der Waals surface area contributed by atoms with E-state index in [2.05, 4.69) is 46.9 Å². The van der Waals surface area contributed by atoms with E-state index < -0.39 is 107 Å². The van der Waals surface area contributed by atoms with Crippen molar-refractivity contribution in [3.05, 3.63) is 155 Å². The molecule has 6 rings (SSSR count). The average Bonchev–Trinajstić information content (AvgIpc) is 4.32. The second kappa shape index (κ2) is 31.3. The number of hydrogen-bond donors (Lipinski definition) is 12. The molecule has 1 fully saturated rings. The molecule has 1 aliphatic rings. The Labute approximate surface area is 493 Å². The van der Waals surface area contributed by atoms with E-state index in [1.807, 2.05) is 6.07 Å². The first kappa shape index (κ1) is 64.7. The van der Waals surface area contributed by atoms with Gasteiger partial charge in [0.1, 0.15) is 48.0 Å². The van der Waals surface area contributed by atoms with Crippen molar-refractivity contribution < 1.29 is 53.4 Å². The lowest BCUT2D eigenvalue weighted by atomic mass is 9.98. The van der Waals surface area contributed by atoms with Gasteiger partial charge in [-0.3, -0.25) is 43.3 Å². The number of amides is 7. The van der Waals surface area contributed by atoms with E-state index in [1.165, 1.54) is 29.6 Å². The van der Waals surface area contributed by atoms with Gasteiger partial charge in [0.25, 0.3) is 0 Å². The molecule has 1 aromatic heterocycles. The number of nitrogens with one attached hydrogen (secondary N) is 7. The Hall–Kier alpha value is -9.45. The average molecular weight is 1170 g/mol. The molecule has 1 saturated heterocycles. The maximum atomic E-state index is 14.6. The van der Waals surface area contributed by atoms with Gasteiger partial charge in [0.05, 0.1) is 12.4 Å². The summed E-state index contributed by atoms with van der Waals surface area (Å²) in [4.78, 5) is 138. The highest BCUT2D eigenvalue weighted by Gasteiger charge is 2.41. The van der Waals surface area contributed by atoms with Crippen molar-refractivity contribution in [1.29, 1.82) is 0 Å². The van der Waals surface area contributed by atoms with Crippen molar-refractivity contribution in [2.45, 2.75) is 127 Å². The highest BCUT2D eigenvalue weighted by atomic mass is 16.4. The molecule has 0 spiro atoms. The zero-order chi connectivity index (χ0) is 61.7. The highest BCUT2D eigenvalue weighted by molar-refractivity contribution is 6.09. The number of rotatable bonds is 30. The molecule has 0 unspecified atom stereocenters. The van der Waals surface area contributed by atoms with Crippen LogP contribution in [0.3, 0.4) is 0 Å². The number of likely N-dealkylation sites (tertiary alicyclic amines) is 1. The number of carboxylic acid groups (broad SMARTS) is 1. The minimum Gasteiger partial charge on any atom is -0.508 e. The SMILES string of the molecule is CC(C)[C@H](NC(=O)[C@H](CCCN=C(N)N)NC(=O)[C@@H](N)Cc1ccc(C(=O)c2ccccc2)cc1)C(=O)N[C@@H](Cc1ccc(O)cc1)C(=O)N[C@H](C(=O)N[C@@H](Cc1cnc[nH]1)C(=O)N1CCC[C@H]1C(=O)N[C@@H](Cc1ccccc1)C(=O)O)C(C)C. The number of carbonyl (C=O) groups is 9. The lowest BCUT2D eigenvalue weighted by molar-refractivity contribution is -0.145. The van der Waals surface area contributed by atoms with E-state index in [1.54, 1.807) is 119 Å². The predicted octanol–water partition coefficient (Wildman–Crippen LogP) is 1.29. The zero-order valence-corrected chi connectivity index (χ0v) is 48.0. The van der Waals surface area contributed by atoms with Gasteiger partial charge in [-0.2, -0.15) is 0 Å². The smallest absolute Gasteiger partial charge is 0.326 e. The van der Waals surface area contributed by atoms with E-state index in [9.17, 15) is 53.4 Å². The van der Waals surface area contributed by atoms with Crippen LogP contribution in [0.4, 0.5) is 0 Å². The Kier molecular flexibility index (Phi) is 23.8. The summed E-state index contributed by atoms with van der Waals surface area (Å²) in [5.74, 6) is -8.05. The summed E-state index contributed by atoms with van der Waals surface area (Å²) in [7, 11) is 0. The molecule has 0 aliphatic carbocycles. The molecule has 4 aromatic carbocycles. The number of aromatic hydroxyl groups is 1. The molecule has 0 radical (unpaired) electrons. The molecule has 5 aromatic rings. The van der Waals surface area contributed by atoms with Crippen LogP contribution in [0, 0.1) is 11.8 Å². The standard InChI is InChI=1S/C61H77N13O11/c1-35(2)50(72-54(78)45(17-11-27-66-61(63)64)68-53(77)44(62)29-38-19-23-41(24-20-38)52(76)40-15-9-6-10-16-40)57(81)69-46(30-39-21-25-43(75)26-22-39)55(79)73-51(36(3)4)58(82)70-47(32-42-33-65-34-67-42)59(83)74-28-12-18-49(74)56(80)71-48(60(84)85)31-37-13-7-5-8-14-37/h5-10,13-16,19-26,33-36,44-51,75H,11-12,17-18,27-32,62H2,1-4H3,(H,65,67)(H,68,77)(H,69,81)(H,70,82)(H,71,80)(H,72,78)(H,73,79)(H,84,85)(H4,63,64,66)/t44-,45-,46-,47-,48-,49-,50-,51-/m0/s1. The Morgan fingerprint density at radius 3 is 1.73 bits per heavy atom. The van der Waals surface area contributed by atoms with Crippen molar-refractivity contribution in [3.8, 4) is 5.75 Å². The largest absolute Gasteiger partial charge is 0.508 e.